The fourth-order valence-corrected chi connectivity index (χ4v) is 2.09. The Bertz CT molecular complexity index is 428. The minimum Gasteiger partial charge on any atom is -0.491 e. The summed E-state index contributed by atoms with van der Waals surface area (Å²) in [5, 5.41) is 2.92. The maximum absolute atomic E-state index is 12.0. The van der Waals surface area contributed by atoms with Crippen molar-refractivity contribution in [3.8, 4) is 5.75 Å². The molecule has 2 amide bonds. The maximum atomic E-state index is 12.0. The third-order valence-corrected chi connectivity index (χ3v) is 3.39. The topological polar surface area (TPSA) is 41.6 Å². The molecule has 0 saturated carbocycles. The monoisotopic (exact) mass is 262 g/mol. The first-order valence-electron chi connectivity index (χ1n) is 7.01. The van der Waals surface area contributed by atoms with Crippen LogP contribution in [-0.2, 0) is 0 Å². The molecule has 0 bridgehead atoms. The Labute approximate surface area is 114 Å². The van der Waals surface area contributed by atoms with Crippen LogP contribution < -0.4 is 10.1 Å². The second kappa shape index (κ2) is 6.45. The van der Waals surface area contributed by atoms with Gasteiger partial charge >= 0.3 is 6.03 Å². The summed E-state index contributed by atoms with van der Waals surface area (Å²) < 4.78 is 5.75. The number of urea groups is 1. The highest BCUT2D eigenvalue weighted by molar-refractivity contribution is 5.89. The first-order chi connectivity index (χ1) is 9.19. The number of carbonyl (C=O) groups excluding carboxylic acids is 1. The number of hydrogen-bond donors (Lipinski definition) is 1. The molecule has 1 aliphatic rings. The van der Waals surface area contributed by atoms with Crippen molar-refractivity contribution >= 4 is 11.7 Å². The highest BCUT2D eigenvalue weighted by Crippen LogP contribution is 2.20. The Morgan fingerprint density at radius 2 is 2.16 bits per heavy atom. The van der Waals surface area contributed by atoms with E-state index in [0.717, 1.165) is 43.8 Å². The largest absolute Gasteiger partial charge is 0.491 e. The predicted octanol–water partition coefficient (Wildman–Crippen LogP) is 3.49. The molecule has 1 heterocycles. The molecular formula is C15H22N2O2. The number of nitrogens with one attached hydrogen (secondary N) is 1. The van der Waals surface area contributed by atoms with Gasteiger partial charge in [0, 0.05) is 24.8 Å². The van der Waals surface area contributed by atoms with Crippen molar-refractivity contribution in [2.24, 2.45) is 0 Å². The molecule has 1 atom stereocenters. The molecule has 4 heteroatoms. The summed E-state index contributed by atoms with van der Waals surface area (Å²) in [7, 11) is 0. The fraction of sp³-hybridized carbons (Fsp3) is 0.533. The van der Waals surface area contributed by atoms with Gasteiger partial charge in [0.05, 0.1) is 6.10 Å². The summed E-state index contributed by atoms with van der Waals surface area (Å²) in [6, 6.07) is 7.56. The summed E-state index contributed by atoms with van der Waals surface area (Å²) in [6.07, 6.45) is 3.35. The fourth-order valence-electron chi connectivity index (χ4n) is 2.09. The molecule has 1 aromatic carbocycles. The summed E-state index contributed by atoms with van der Waals surface area (Å²) in [4.78, 5) is 13.8. The molecule has 4 nitrogen and oxygen atoms in total. The van der Waals surface area contributed by atoms with Crippen LogP contribution in [-0.4, -0.2) is 30.1 Å². The van der Waals surface area contributed by atoms with E-state index in [9.17, 15) is 4.79 Å². The minimum atomic E-state index is -0.0156. The van der Waals surface area contributed by atoms with E-state index in [1.54, 1.807) is 0 Å². The molecule has 1 aliphatic heterocycles. The zero-order chi connectivity index (χ0) is 13.7. The van der Waals surface area contributed by atoms with Crippen LogP contribution in [0.25, 0.3) is 0 Å². The van der Waals surface area contributed by atoms with Gasteiger partial charge in [-0.05, 0) is 38.3 Å². The van der Waals surface area contributed by atoms with Gasteiger partial charge in [-0.2, -0.15) is 0 Å². The predicted molar refractivity (Wildman–Crippen MR) is 76.6 cm³/mol. The summed E-state index contributed by atoms with van der Waals surface area (Å²) in [6.45, 7) is 5.84. The van der Waals surface area contributed by atoms with Gasteiger partial charge < -0.3 is 15.0 Å². The number of nitrogens with zero attached hydrogens (tertiary/aromatic N) is 1. The van der Waals surface area contributed by atoms with Gasteiger partial charge in [-0.1, -0.05) is 13.0 Å². The summed E-state index contributed by atoms with van der Waals surface area (Å²) >= 11 is 0. The number of anilines is 1. The zero-order valence-electron chi connectivity index (χ0n) is 11.7. The van der Waals surface area contributed by atoms with Crippen LogP contribution in [0.5, 0.6) is 5.75 Å². The van der Waals surface area contributed by atoms with Crippen LogP contribution in [0, 0.1) is 0 Å². The first-order valence-corrected chi connectivity index (χ1v) is 7.01. The number of benzene rings is 1. The first kappa shape index (κ1) is 13.7. The van der Waals surface area contributed by atoms with E-state index in [0.29, 0.717) is 0 Å². The van der Waals surface area contributed by atoms with Crippen molar-refractivity contribution in [3.63, 3.8) is 0 Å². The lowest BCUT2D eigenvalue weighted by molar-refractivity contribution is 0.217. The smallest absolute Gasteiger partial charge is 0.321 e. The standard InChI is InChI=1S/C15H22N2O2/c1-3-12(2)19-14-8-6-7-13(11-14)16-15(18)17-9-4-5-10-17/h6-8,11-12H,3-5,9-10H2,1-2H3,(H,16,18). The second-order valence-electron chi connectivity index (χ2n) is 4.99. The molecule has 1 aromatic rings. The minimum absolute atomic E-state index is 0.0156. The number of rotatable bonds is 4. The lowest BCUT2D eigenvalue weighted by atomic mass is 10.3. The van der Waals surface area contributed by atoms with Crippen molar-refractivity contribution in [2.75, 3.05) is 18.4 Å². The van der Waals surface area contributed by atoms with Gasteiger partial charge in [-0.25, -0.2) is 4.79 Å². The molecule has 1 N–H and O–H groups in total. The highest BCUT2D eigenvalue weighted by Gasteiger charge is 2.17. The Kier molecular flexibility index (Phi) is 4.66. The molecule has 1 unspecified atom stereocenters. The molecule has 0 radical (unpaired) electrons. The quantitative estimate of drug-likeness (QED) is 0.902. The van der Waals surface area contributed by atoms with E-state index in [4.69, 9.17) is 4.74 Å². The van der Waals surface area contributed by atoms with Crippen molar-refractivity contribution < 1.29 is 9.53 Å². The maximum Gasteiger partial charge on any atom is 0.321 e. The molecule has 0 aliphatic carbocycles. The SMILES string of the molecule is CCC(C)Oc1cccc(NC(=O)N2CCCC2)c1. The third-order valence-electron chi connectivity index (χ3n) is 3.39. The van der Waals surface area contributed by atoms with Crippen molar-refractivity contribution in [2.45, 2.75) is 39.2 Å². The second-order valence-corrected chi connectivity index (χ2v) is 4.99. The van der Waals surface area contributed by atoms with Crippen LogP contribution in [0.2, 0.25) is 0 Å². The van der Waals surface area contributed by atoms with E-state index in [1.807, 2.05) is 36.1 Å². The van der Waals surface area contributed by atoms with E-state index in [-0.39, 0.29) is 12.1 Å². The normalized spacial score (nSPS) is 16.2. The number of ether oxygens (including phenoxy) is 1. The van der Waals surface area contributed by atoms with Gasteiger partial charge in [0.2, 0.25) is 0 Å². The molecule has 1 saturated heterocycles. The van der Waals surface area contributed by atoms with Crippen molar-refractivity contribution in [3.05, 3.63) is 24.3 Å². The average molecular weight is 262 g/mol. The number of hydrogen-bond acceptors (Lipinski definition) is 2. The molecule has 0 spiro atoms. The molecule has 0 aromatic heterocycles. The summed E-state index contributed by atoms with van der Waals surface area (Å²) in [5.74, 6) is 0.800. The Hall–Kier alpha value is -1.71. The van der Waals surface area contributed by atoms with Crippen LogP contribution >= 0.6 is 0 Å². The number of amides is 2. The van der Waals surface area contributed by atoms with Crippen LogP contribution in [0.1, 0.15) is 33.1 Å². The number of carbonyl (C=O) groups is 1. The van der Waals surface area contributed by atoms with Crippen molar-refractivity contribution in [1.29, 1.82) is 0 Å². The van der Waals surface area contributed by atoms with Gasteiger partial charge in [-0.15, -0.1) is 0 Å². The van der Waals surface area contributed by atoms with Gasteiger partial charge in [0.25, 0.3) is 0 Å². The van der Waals surface area contributed by atoms with Crippen LogP contribution in [0.4, 0.5) is 10.5 Å². The lowest BCUT2D eigenvalue weighted by Crippen LogP contribution is -2.32. The molecular weight excluding hydrogens is 240 g/mol. The summed E-state index contributed by atoms with van der Waals surface area (Å²) in [5.41, 5.74) is 0.790. The van der Waals surface area contributed by atoms with E-state index >= 15 is 0 Å². The van der Waals surface area contributed by atoms with E-state index in [1.165, 1.54) is 0 Å². The lowest BCUT2D eigenvalue weighted by Gasteiger charge is -2.17. The Balaban J connectivity index is 1.96. The van der Waals surface area contributed by atoms with Gasteiger partial charge in [-0.3, -0.25) is 0 Å². The average Bonchev–Trinajstić information content (AvgIpc) is 2.93. The Morgan fingerprint density at radius 3 is 2.84 bits per heavy atom. The van der Waals surface area contributed by atoms with Gasteiger partial charge in [0.15, 0.2) is 0 Å². The van der Waals surface area contributed by atoms with Gasteiger partial charge in [0.1, 0.15) is 5.75 Å². The van der Waals surface area contributed by atoms with E-state index in [2.05, 4.69) is 12.2 Å². The van der Waals surface area contributed by atoms with Crippen LogP contribution in [0.3, 0.4) is 0 Å². The third kappa shape index (κ3) is 3.88. The number of likely N-dealkylation sites (tertiary alicyclic amines) is 1. The van der Waals surface area contributed by atoms with Crippen LogP contribution in [0.15, 0.2) is 24.3 Å². The molecule has 1 fully saturated rings. The molecule has 104 valence electrons. The molecule has 2 rings (SSSR count). The molecule has 19 heavy (non-hydrogen) atoms. The van der Waals surface area contributed by atoms with Crippen molar-refractivity contribution in [1.82, 2.24) is 4.90 Å². The van der Waals surface area contributed by atoms with E-state index < -0.39 is 0 Å². The zero-order valence-corrected chi connectivity index (χ0v) is 11.7. The Morgan fingerprint density at radius 1 is 1.42 bits per heavy atom. The highest BCUT2D eigenvalue weighted by atomic mass is 16.5.